The molecule has 8 nitrogen and oxygen atoms in total. The van der Waals surface area contributed by atoms with E-state index in [4.69, 9.17) is 14.2 Å². The average Bonchev–Trinajstić information content (AvgIpc) is 2.60. The molecule has 0 fully saturated rings. The van der Waals surface area contributed by atoms with Crippen LogP contribution >= 0.6 is 0 Å². The van der Waals surface area contributed by atoms with Gasteiger partial charge >= 0.3 is 18.0 Å². The Kier molecular flexibility index (Phi) is 6.74. The zero-order valence-electron chi connectivity index (χ0n) is 15.0. The lowest BCUT2D eigenvalue weighted by atomic mass is 10.0. The highest BCUT2D eigenvalue weighted by molar-refractivity contribution is 5.95. The molecule has 0 unspecified atom stereocenters. The Labute approximate surface area is 151 Å². The Bertz CT molecular complexity index is 711. The predicted molar refractivity (Wildman–Crippen MR) is 92.2 cm³/mol. The van der Waals surface area contributed by atoms with E-state index in [1.165, 1.54) is 0 Å². The van der Waals surface area contributed by atoms with Crippen LogP contribution in [-0.2, 0) is 25.6 Å². The van der Waals surface area contributed by atoms with Gasteiger partial charge in [0.15, 0.2) is 0 Å². The van der Waals surface area contributed by atoms with Crippen LogP contribution in [0.3, 0.4) is 0 Å². The third-order valence-corrected chi connectivity index (χ3v) is 3.71. The number of nitrogens with one attached hydrogen (secondary N) is 2. The number of carbonyl (C=O) groups is 3. The maximum absolute atomic E-state index is 12.2. The van der Waals surface area contributed by atoms with Crippen LogP contribution in [0.4, 0.5) is 4.79 Å². The maximum Gasteiger partial charge on any atom is 0.338 e. The number of methoxy groups -OCH3 is 1. The van der Waals surface area contributed by atoms with Crippen LogP contribution in [0.1, 0.15) is 29.8 Å². The van der Waals surface area contributed by atoms with Gasteiger partial charge in [0.2, 0.25) is 0 Å². The summed E-state index contributed by atoms with van der Waals surface area (Å²) in [5, 5.41) is 5.08. The van der Waals surface area contributed by atoms with Gasteiger partial charge in [0, 0.05) is 7.11 Å². The Morgan fingerprint density at radius 2 is 1.77 bits per heavy atom. The van der Waals surface area contributed by atoms with Crippen molar-refractivity contribution in [1.29, 1.82) is 0 Å². The molecule has 0 aliphatic carbocycles. The normalized spacial score (nSPS) is 16.6. The fourth-order valence-corrected chi connectivity index (χ4v) is 2.52. The summed E-state index contributed by atoms with van der Waals surface area (Å²) in [4.78, 5) is 36.0. The monoisotopic (exact) mass is 362 g/mol. The van der Waals surface area contributed by atoms with Crippen molar-refractivity contribution in [2.45, 2.75) is 26.5 Å². The van der Waals surface area contributed by atoms with Crippen LogP contribution in [0, 0.1) is 0 Å². The summed E-state index contributed by atoms with van der Waals surface area (Å²) in [5.41, 5.74) is 1.73. The second-order valence-corrected chi connectivity index (χ2v) is 5.64. The van der Waals surface area contributed by atoms with Gasteiger partial charge in [0.1, 0.15) is 6.61 Å². The minimum Gasteiger partial charge on any atom is -0.463 e. The number of urea groups is 1. The first-order valence-electron chi connectivity index (χ1n) is 8.19. The minimum absolute atomic E-state index is 0.198. The van der Waals surface area contributed by atoms with Crippen molar-refractivity contribution in [2.75, 3.05) is 20.3 Å². The summed E-state index contributed by atoms with van der Waals surface area (Å²) in [6, 6.07) is 5.75. The lowest BCUT2D eigenvalue weighted by Crippen LogP contribution is -2.50. The first-order valence-corrected chi connectivity index (χ1v) is 8.19. The fourth-order valence-electron chi connectivity index (χ4n) is 2.52. The van der Waals surface area contributed by atoms with Crippen molar-refractivity contribution >= 4 is 18.0 Å². The molecule has 1 aromatic rings. The van der Waals surface area contributed by atoms with E-state index in [0.29, 0.717) is 12.2 Å². The second kappa shape index (κ2) is 9.00. The van der Waals surface area contributed by atoms with E-state index < -0.39 is 24.0 Å². The topological polar surface area (TPSA) is 103 Å². The molecule has 140 valence electrons. The Morgan fingerprint density at radius 1 is 1.08 bits per heavy atom. The van der Waals surface area contributed by atoms with Crippen LogP contribution in [0.25, 0.3) is 0 Å². The van der Waals surface area contributed by atoms with Crippen molar-refractivity contribution in [1.82, 2.24) is 10.6 Å². The molecule has 0 saturated heterocycles. The van der Waals surface area contributed by atoms with Gasteiger partial charge in [-0.3, -0.25) is 0 Å². The van der Waals surface area contributed by atoms with Crippen LogP contribution in [0.15, 0.2) is 35.5 Å². The third kappa shape index (κ3) is 4.82. The van der Waals surface area contributed by atoms with Gasteiger partial charge in [-0.15, -0.1) is 0 Å². The zero-order valence-corrected chi connectivity index (χ0v) is 15.0. The molecule has 26 heavy (non-hydrogen) atoms. The molecule has 2 N–H and O–H groups in total. The fraction of sp³-hybridized carbons (Fsp3) is 0.389. The van der Waals surface area contributed by atoms with Gasteiger partial charge < -0.3 is 24.8 Å². The van der Waals surface area contributed by atoms with Gasteiger partial charge in [-0.2, -0.15) is 0 Å². The number of carbonyl (C=O) groups excluding carboxylic acids is 3. The molecule has 2 amide bonds. The van der Waals surface area contributed by atoms with Crippen molar-refractivity contribution in [3.05, 3.63) is 46.7 Å². The van der Waals surface area contributed by atoms with E-state index in [0.717, 1.165) is 5.56 Å². The lowest BCUT2D eigenvalue weighted by molar-refractivity contribution is -0.139. The molecule has 1 aromatic carbocycles. The summed E-state index contributed by atoms with van der Waals surface area (Å²) in [7, 11) is 1.59. The summed E-state index contributed by atoms with van der Waals surface area (Å²) in [5.74, 6) is -1.13. The summed E-state index contributed by atoms with van der Waals surface area (Å²) >= 11 is 0. The molecule has 1 atom stereocenters. The number of hydrogen-bond donors (Lipinski definition) is 2. The molecule has 1 heterocycles. The maximum atomic E-state index is 12.2. The van der Waals surface area contributed by atoms with E-state index in [1.54, 1.807) is 45.2 Å². The Morgan fingerprint density at radius 3 is 2.38 bits per heavy atom. The molecular weight excluding hydrogens is 340 g/mol. The first-order chi connectivity index (χ1) is 12.5. The molecule has 0 aromatic heterocycles. The highest BCUT2D eigenvalue weighted by Crippen LogP contribution is 2.15. The summed E-state index contributed by atoms with van der Waals surface area (Å²) < 4.78 is 15.3. The number of rotatable bonds is 7. The van der Waals surface area contributed by atoms with Crippen LogP contribution in [0.2, 0.25) is 0 Å². The van der Waals surface area contributed by atoms with Gasteiger partial charge in [-0.05, 0) is 31.5 Å². The third-order valence-electron chi connectivity index (χ3n) is 3.71. The highest BCUT2D eigenvalue weighted by Gasteiger charge is 2.30. The second-order valence-electron chi connectivity index (χ2n) is 5.64. The molecule has 0 saturated carbocycles. The summed E-state index contributed by atoms with van der Waals surface area (Å²) in [6.45, 7) is 3.74. The SMILES string of the molecule is CCOC(=O)C1=C(COC(=O)c2ccc(COC)cc2)NC(=O)N[C@@H]1C. The molecule has 8 heteroatoms. The van der Waals surface area contributed by atoms with Crippen molar-refractivity contribution in [2.24, 2.45) is 0 Å². The van der Waals surface area contributed by atoms with Crippen molar-refractivity contribution in [3.8, 4) is 0 Å². The highest BCUT2D eigenvalue weighted by atomic mass is 16.5. The molecule has 1 aliphatic heterocycles. The molecule has 1 aliphatic rings. The van der Waals surface area contributed by atoms with Gasteiger partial charge in [0.25, 0.3) is 0 Å². The molecule has 0 spiro atoms. The van der Waals surface area contributed by atoms with Crippen LogP contribution in [-0.4, -0.2) is 44.3 Å². The van der Waals surface area contributed by atoms with E-state index >= 15 is 0 Å². The number of benzene rings is 1. The van der Waals surface area contributed by atoms with E-state index in [2.05, 4.69) is 10.6 Å². The number of esters is 2. The standard InChI is InChI=1S/C18H22N2O6/c1-4-25-17(22)15-11(2)19-18(23)20-14(15)10-26-16(21)13-7-5-12(6-8-13)9-24-3/h5-8,11H,4,9-10H2,1-3H3,(H2,19,20,23)/t11-/m1/s1. The largest absolute Gasteiger partial charge is 0.463 e. The number of amides is 2. The molecule has 0 radical (unpaired) electrons. The van der Waals surface area contributed by atoms with E-state index in [9.17, 15) is 14.4 Å². The Balaban J connectivity index is 2.10. The smallest absolute Gasteiger partial charge is 0.338 e. The van der Waals surface area contributed by atoms with Crippen LogP contribution in [0.5, 0.6) is 0 Å². The first kappa shape index (κ1) is 19.5. The molecule has 2 rings (SSSR count). The van der Waals surface area contributed by atoms with Crippen molar-refractivity contribution in [3.63, 3.8) is 0 Å². The van der Waals surface area contributed by atoms with Gasteiger partial charge in [0.05, 0.1) is 36.1 Å². The quantitative estimate of drug-likeness (QED) is 0.713. The minimum atomic E-state index is -0.567. The number of ether oxygens (including phenoxy) is 3. The molecular formula is C18H22N2O6. The van der Waals surface area contributed by atoms with E-state index in [-0.39, 0.29) is 24.5 Å². The van der Waals surface area contributed by atoms with Crippen LogP contribution < -0.4 is 10.6 Å². The Hall–Kier alpha value is -2.87. The average molecular weight is 362 g/mol. The van der Waals surface area contributed by atoms with E-state index in [1.807, 2.05) is 0 Å². The predicted octanol–water partition coefficient (Wildman–Crippen LogP) is 1.51. The lowest BCUT2D eigenvalue weighted by Gasteiger charge is -2.26. The van der Waals surface area contributed by atoms with Crippen molar-refractivity contribution < 1.29 is 28.6 Å². The van der Waals surface area contributed by atoms with Gasteiger partial charge in [-0.1, -0.05) is 12.1 Å². The summed E-state index contributed by atoms with van der Waals surface area (Å²) in [6.07, 6.45) is 0. The molecule has 0 bridgehead atoms. The van der Waals surface area contributed by atoms with Gasteiger partial charge in [-0.25, -0.2) is 14.4 Å². The zero-order chi connectivity index (χ0) is 19.1. The number of hydrogen-bond acceptors (Lipinski definition) is 6.